The Bertz CT molecular complexity index is 841. The summed E-state index contributed by atoms with van der Waals surface area (Å²) in [4.78, 5) is 13.6. The van der Waals surface area contributed by atoms with E-state index in [9.17, 15) is 10.1 Å². The van der Waals surface area contributed by atoms with Crippen LogP contribution < -0.4 is 5.32 Å². The zero-order valence-electron chi connectivity index (χ0n) is 15.1. The predicted molar refractivity (Wildman–Crippen MR) is 97.8 cm³/mol. The van der Waals surface area contributed by atoms with Gasteiger partial charge in [0.15, 0.2) is 5.69 Å². The number of nitriles is 1. The van der Waals surface area contributed by atoms with Crippen LogP contribution in [0.4, 0.5) is 5.00 Å². The largest absolute Gasteiger partial charge is 0.361 e. The van der Waals surface area contributed by atoms with E-state index < -0.39 is 0 Å². The molecule has 132 valence electrons. The molecule has 1 N–H and O–H groups in total. The van der Waals surface area contributed by atoms with E-state index in [0.29, 0.717) is 22.2 Å². The number of hydrogen-bond donors (Lipinski definition) is 1. The number of nitrogens with zero attached hydrogens (tertiary/aromatic N) is 2. The molecule has 0 saturated heterocycles. The van der Waals surface area contributed by atoms with Crippen molar-refractivity contribution in [3.8, 4) is 6.07 Å². The minimum absolute atomic E-state index is 0.234. The number of aromatic nitrogens is 1. The number of anilines is 1. The van der Waals surface area contributed by atoms with Crippen LogP contribution >= 0.6 is 11.3 Å². The second kappa shape index (κ2) is 6.64. The van der Waals surface area contributed by atoms with Crippen LogP contribution in [0.5, 0.6) is 0 Å². The molecular weight excluding hydrogens is 334 g/mol. The molecule has 1 unspecified atom stereocenters. The molecule has 0 aliphatic heterocycles. The summed E-state index contributed by atoms with van der Waals surface area (Å²) in [5.41, 5.74) is 2.25. The lowest BCUT2D eigenvalue weighted by Gasteiger charge is -2.36. The van der Waals surface area contributed by atoms with Gasteiger partial charge in [-0.25, -0.2) is 0 Å². The first-order valence-electron chi connectivity index (χ1n) is 8.65. The zero-order valence-corrected chi connectivity index (χ0v) is 15.9. The summed E-state index contributed by atoms with van der Waals surface area (Å²) in [5.74, 6) is 0.857. The second-order valence-electron chi connectivity index (χ2n) is 7.38. The minimum atomic E-state index is -0.336. The average molecular weight is 357 g/mol. The quantitative estimate of drug-likeness (QED) is 0.859. The van der Waals surface area contributed by atoms with Crippen molar-refractivity contribution in [1.29, 1.82) is 5.26 Å². The first-order chi connectivity index (χ1) is 11.9. The molecule has 2 heterocycles. The summed E-state index contributed by atoms with van der Waals surface area (Å²) in [6.07, 6.45) is 4.12. The molecule has 0 spiro atoms. The monoisotopic (exact) mass is 357 g/mol. The third kappa shape index (κ3) is 3.34. The molecule has 0 bridgehead atoms. The molecule has 1 atom stereocenters. The van der Waals surface area contributed by atoms with E-state index in [0.717, 1.165) is 31.2 Å². The number of carbonyl (C=O) groups is 1. The van der Waals surface area contributed by atoms with Gasteiger partial charge in [0.1, 0.15) is 16.8 Å². The van der Waals surface area contributed by atoms with Crippen LogP contribution in [-0.2, 0) is 12.8 Å². The maximum atomic E-state index is 12.3. The molecule has 0 fully saturated rings. The maximum absolute atomic E-state index is 12.3. The van der Waals surface area contributed by atoms with Gasteiger partial charge < -0.3 is 9.84 Å². The average Bonchev–Trinajstić information content (AvgIpc) is 3.17. The third-order valence-electron chi connectivity index (χ3n) is 5.48. The van der Waals surface area contributed by atoms with Crippen molar-refractivity contribution in [2.24, 2.45) is 11.3 Å². The van der Waals surface area contributed by atoms with E-state index in [4.69, 9.17) is 4.52 Å². The molecule has 0 aromatic carbocycles. The molecule has 0 saturated carbocycles. The molecule has 3 rings (SSSR count). The van der Waals surface area contributed by atoms with Crippen molar-refractivity contribution in [2.75, 3.05) is 5.32 Å². The van der Waals surface area contributed by atoms with Gasteiger partial charge in [0.05, 0.1) is 5.56 Å². The summed E-state index contributed by atoms with van der Waals surface area (Å²) < 4.78 is 4.95. The van der Waals surface area contributed by atoms with Crippen molar-refractivity contribution in [2.45, 2.75) is 53.4 Å². The Morgan fingerprint density at radius 1 is 1.56 bits per heavy atom. The predicted octanol–water partition coefficient (Wildman–Crippen LogP) is 4.71. The molecular formula is C19H23N3O2S. The van der Waals surface area contributed by atoms with Crippen LogP contribution in [0.15, 0.2) is 10.6 Å². The van der Waals surface area contributed by atoms with Crippen LogP contribution in [0, 0.1) is 29.6 Å². The highest BCUT2D eigenvalue weighted by Gasteiger charge is 2.34. The first kappa shape index (κ1) is 17.7. The molecule has 25 heavy (non-hydrogen) atoms. The van der Waals surface area contributed by atoms with Crippen molar-refractivity contribution in [1.82, 2.24) is 5.16 Å². The van der Waals surface area contributed by atoms with Crippen molar-refractivity contribution < 1.29 is 9.32 Å². The highest BCUT2D eigenvalue weighted by Crippen LogP contribution is 2.45. The molecule has 5 nitrogen and oxygen atoms in total. The fraction of sp³-hybridized carbons (Fsp3) is 0.526. The van der Waals surface area contributed by atoms with E-state index in [1.807, 2.05) is 0 Å². The Labute approximate surface area is 152 Å². The lowest BCUT2D eigenvalue weighted by Crippen LogP contribution is -2.28. The summed E-state index contributed by atoms with van der Waals surface area (Å²) in [6, 6.07) is 3.88. The Kier molecular flexibility index (Phi) is 4.70. The summed E-state index contributed by atoms with van der Waals surface area (Å²) >= 11 is 1.53. The molecule has 0 radical (unpaired) electrons. The Hall–Kier alpha value is -2.13. The molecule has 2 aromatic rings. The number of hydrogen-bond acceptors (Lipinski definition) is 5. The molecule has 1 aliphatic rings. The minimum Gasteiger partial charge on any atom is -0.361 e. The summed E-state index contributed by atoms with van der Waals surface area (Å²) in [5, 5.41) is 16.8. The van der Waals surface area contributed by atoms with Gasteiger partial charge in [-0.3, -0.25) is 4.79 Å². The van der Waals surface area contributed by atoms with Gasteiger partial charge in [0.25, 0.3) is 5.91 Å². The van der Waals surface area contributed by atoms with Crippen LogP contribution in [0.2, 0.25) is 0 Å². The van der Waals surface area contributed by atoms with Gasteiger partial charge >= 0.3 is 0 Å². The fourth-order valence-electron chi connectivity index (χ4n) is 3.39. The van der Waals surface area contributed by atoms with E-state index in [-0.39, 0.29) is 17.0 Å². The second-order valence-corrected chi connectivity index (χ2v) is 8.48. The van der Waals surface area contributed by atoms with E-state index in [1.165, 1.54) is 16.2 Å². The van der Waals surface area contributed by atoms with Crippen molar-refractivity contribution in [3.05, 3.63) is 33.5 Å². The highest BCUT2D eigenvalue weighted by molar-refractivity contribution is 7.16. The van der Waals surface area contributed by atoms with Crippen molar-refractivity contribution in [3.63, 3.8) is 0 Å². The van der Waals surface area contributed by atoms with Crippen LogP contribution in [0.1, 0.15) is 65.9 Å². The lowest BCUT2D eigenvalue weighted by molar-refractivity contribution is 0.101. The van der Waals surface area contributed by atoms with Crippen LogP contribution in [0.3, 0.4) is 0 Å². The smallest absolute Gasteiger partial charge is 0.278 e. The number of rotatable bonds is 4. The van der Waals surface area contributed by atoms with E-state index >= 15 is 0 Å². The normalized spacial score (nSPS) is 17.0. The number of aryl methyl sites for hydroxylation is 1. The van der Waals surface area contributed by atoms with Gasteiger partial charge in [0.2, 0.25) is 0 Å². The fourth-order valence-corrected chi connectivity index (χ4v) is 4.66. The molecule has 1 aliphatic carbocycles. The topological polar surface area (TPSA) is 78.9 Å². The molecule has 6 heteroatoms. The lowest BCUT2D eigenvalue weighted by atomic mass is 9.69. The Balaban J connectivity index is 1.86. The summed E-state index contributed by atoms with van der Waals surface area (Å²) in [6.45, 7) is 8.61. The number of thiophene rings is 1. The highest BCUT2D eigenvalue weighted by atomic mass is 32.1. The third-order valence-corrected chi connectivity index (χ3v) is 6.65. The van der Waals surface area contributed by atoms with E-state index in [1.54, 1.807) is 13.0 Å². The maximum Gasteiger partial charge on any atom is 0.278 e. The Morgan fingerprint density at radius 2 is 2.32 bits per heavy atom. The van der Waals surface area contributed by atoms with Gasteiger partial charge in [-0.15, -0.1) is 11.3 Å². The zero-order chi connectivity index (χ0) is 18.2. The van der Waals surface area contributed by atoms with Gasteiger partial charge in [-0.2, -0.15) is 5.26 Å². The van der Waals surface area contributed by atoms with Crippen LogP contribution in [-0.4, -0.2) is 11.1 Å². The Morgan fingerprint density at radius 3 is 2.92 bits per heavy atom. The van der Waals surface area contributed by atoms with Gasteiger partial charge in [-0.1, -0.05) is 32.3 Å². The number of amides is 1. The van der Waals surface area contributed by atoms with Crippen molar-refractivity contribution >= 4 is 22.2 Å². The standard InChI is InChI=1S/C19H23N3O2S/c1-5-19(3,4)12-6-7-13-14(10-20)18(25-16(13)9-12)21-17(23)15-8-11(2)24-22-15/h8,12H,5-7,9H2,1-4H3,(H,21,23). The first-order valence-corrected chi connectivity index (χ1v) is 9.46. The van der Waals surface area contributed by atoms with Crippen LogP contribution in [0.25, 0.3) is 0 Å². The number of nitrogens with one attached hydrogen (secondary N) is 1. The number of carbonyl (C=O) groups excluding carboxylic acids is 1. The molecule has 2 aromatic heterocycles. The van der Waals surface area contributed by atoms with Gasteiger partial charge in [-0.05, 0) is 43.1 Å². The summed E-state index contributed by atoms with van der Waals surface area (Å²) in [7, 11) is 0. The molecule has 1 amide bonds. The SMILES string of the molecule is CCC(C)(C)C1CCc2c(sc(NC(=O)c3cc(C)on3)c2C#N)C1. The van der Waals surface area contributed by atoms with Gasteiger partial charge in [0, 0.05) is 10.9 Å². The van der Waals surface area contributed by atoms with E-state index in [2.05, 4.69) is 37.3 Å². The number of fused-ring (bicyclic) bond motifs is 1.